The zero-order valence-electron chi connectivity index (χ0n) is 13.1. The SMILES string of the molecule is NC(C(=NO)C(=NO)c1ccccc1)c1cc(-c2ccccc2)no1. The summed E-state index contributed by atoms with van der Waals surface area (Å²) in [5.41, 5.74) is 8.17. The van der Waals surface area contributed by atoms with Crippen LogP contribution in [0, 0.1) is 0 Å². The first-order valence-electron chi connectivity index (χ1n) is 7.52. The van der Waals surface area contributed by atoms with Gasteiger partial charge in [-0.1, -0.05) is 76.1 Å². The van der Waals surface area contributed by atoms with Crippen molar-refractivity contribution in [1.82, 2.24) is 5.16 Å². The van der Waals surface area contributed by atoms with Gasteiger partial charge in [0.1, 0.15) is 23.2 Å². The molecule has 0 saturated carbocycles. The number of benzene rings is 2. The van der Waals surface area contributed by atoms with Crippen LogP contribution in [0.25, 0.3) is 11.3 Å². The molecule has 4 N–H and O–H groups in total. The molecule has 1 atom stereocenters. The lowest BCUT2D eigenvalue weighted by Crippen LogP contribution is -2.29. The van der Waals surface area contributed by atoms with Crippen molar-refractivity contribution in [3.05, 3.63) is 78.1 Å². The van der Waals surface area contributed by atoms with Crippen LogP contribution in [0.2, 0.25) is 0 Å². The Kier molecular flexibility index (Phi) is 4.87. The molecule has 0 spiro atoms. The van der Waals surface area contributed by atoms with E-state index in [1.54, 1.807) is 30.3 Å². The van der Waals surface area contributed by atoms with Crippen molar-refractivity contribution in [1.29, 1.82) is 0 Å². The monoisotopic (exact) mass is 336 g/mol. The Morgan fingerprint density at radius 1 is 0.960 bits per heavy atom. The van der Waals surface area contributed by atoms with Gasteiger partial charge in [-0.05, 0) is 0 Å². The average molecular weight is 336 g/mol. The van der Waals surface area contributed by atoms with E-state index in [4.69, 9.17) is 10.3 Å². The van der Waals surface area contributed by atoms with E-state index in [0.717, 1.165) is 5.56 Å². The highest BCUT2D eigenvalue weighted by molar-refractivity contribution is 6.49. The van der Waals surface area contributed by atoms with Crippen LogP contribution in [0.3, 0.4) is 0 Å². The third-order valence-corrected chi connectivity index (χ3v) is 3.70. The Labute approximate surface area is 143 Å². The molecule has 1 heterocycles. The largest absolute Gasteiger partial charge is 0.411 e. The first-order valence-corrected chi connectivity index (χ1v) is 7.52. The lowest BCUT2D eigenvalue weighted by Gasteiger charge is -2.11. The van der Waals surface area contributed by atoms with Gasteiger partial charge in [0, 0.05) is 17.2 Å². The number of hydrogen-bond donors (Lipinski definition) is 3. The van der Waals surface area contributed by atoms with Gasteiger partial charge in [-0.3, -0.25) is 0 Å². The van der Waals surface area contributed by atoms with E-state index in [1.165, 1.54) is 0 Å². The van der Waals surface area contributed by atoms with Crippen molar-refractivity contribution >= 4 is 11.4 Å². The zero-order valence-corrected chi connectivity index (χ0v) is 13.1. The second-order valence-corrected chi connectivity index (χ2v) is 5.26. The summed E-state index contributed by atoms with van der Waals surface area (Å²) in [7, 11) is 0. The van der Waals surface area contributed by atoms with Crippen molar-refractivity contribution < 1.29 is 14.9 Å². The Morgan fingerprint density at radius 3 is 2.20 bits per heavy atom. The van der Waals surface area contributed by atoms with E-state index < -0.39 is 6.04 Å². The summed E-state index contributed by atoms with van der Waals surface area (Å²) in [4.78, 5) is 0. The van der Waals surface area contributed by atoms with E-state index in [1.807, 2.05) is 36.4 Å². The van der Waals surface area contributed by atoms with Crippen LogP contribution in [0.1, 0.15) is 17.4 Å². The van der Waals surface area contributed by atoms with E-state index in [2.05, 4.69) is 15.5 Å². The molecule has 0 bridgehead atoms. The fraction of sp³-hybridized carbons (Fsp3) is 0.0556. The van der Waals surface area contributed by atoms with Crippen LogP contribution in [0.5, 0.6) is 0 Å². The minimum atomic E-state index is -0.957. The molecule has 0 aliphatic rings. The maximum atomic E-state index is 9.40. The summed E-state index contributed by atoms with van der Waals surface area (Å²) in [5, 5.41) is 29.2. The van der Waals surface area contributed by atoms with Crippen LogP contribution in [-0.4, -0.2) is 27.0 Å². The summed E-state index contributed by atoms with van der Waals surface area (Å²) in [6.45, 7) is 0. The molecule has 3 aromatic rings. The second kappa shape index (κ2) is 7.41. The molecule has 0 saturated heterocycles. The number of nitrogens with zero attached hydrogens (tertiary/aromatic N) is 3. The fourth-order valence-corrected chi connectivity index (χ4v) is 2.43. The Hall–Kier alpha value is -3.45. The van der Waals surface area contributed by atoms with Gasteiger partial charge < -0.3 is 20.7 Å². The molecule has 0 radical (unpaired) electrons. The number of oxime groups is 2. The summed E-state index contributed by atoms with van der Waals surface area (Å²) >= 11 is 0. The highest BCUT2D eigenvalue weighted by atomic mass is 16.5. The Balaban J connectivity index is 1.91. The van der Waals surface area contributed by atoms with Gasteiger partial charge in [-0.15, -0.1) is 0 Å². The van der Waals surface area contributed by atoms with Crippen LogP contribution in [0.15, 0.2) is 81.6 Å². The number of aromatic nitrogens is 1. The standard InChI is InChI=1S/C18H16N4O3/c19-16(15-11-14(22-25-15)12-7-3-1-4-8-12)18(21-24)17(20-23)13-9-5-2-6-10-13/h1-11,16,23-24H,19H2. The highest BCUT2D eigenvalue weighted by Gasteiger charge is 2.26. The molecule has 0 aliphatic carbocycles. The first-order chi connectivity index (χ1) is 12.2. The first kappa shape index (κ1) is 16.4. The number of nitrogens with two attached hydrogens (primary N) is 1. The molecule has 7 nitrogen and oxygen atoms in total. The van der Waals surface area contributed by atoms with Crippen LogP contribution < -0.4 is 5.73 Å². The molecule has 0 amide bonds. The summed E-state index contributed by atoms with van der Waals surface area (Å²) in [5.74, 6) is 0.281. The predicted molar refractivity (Wildman–Crippen MR) is 92.9 cm³/mol. The molecule has 2 aromatic carbocycles. The van der Waals surface area contributed by atoms with E-state index >= 15 is 0 Å². The average Bonchev–Trinajstić information content (AvgIpc) is 3.17. The van der Waals surface area contributed by atoms with Gasteiger partial charge in [0.15, 0.2) is 5.76 Å². The van der Waals surface area contributed by atoms with E-state index in [0.29, 0.717) is 11.3 Å². The molecule has 25 heavy (non-hydrogen) atoms. The molecular weight excluding hydrogens is 320 g/mol. The quantitative estimate of drug-likeness (QED) is 0.376. The van der Waals surface area contributed by atoms with Crippen molar-refractivity contribution in [3.8, 4) is 11.3 Å². The normalized spacial score (nSPS) is 13.6. The zero-order chi connectivity index (χ0) is 17.6. The second-order valence-electron chi connectivity index (χ2n) is 5.26. The third kappa shape index (κ3) is 3.41. The maximum absolute atomic E-state index is 9.40. The van der Waals surface area contributed by atoms with Crippen LogP contribution in [-0.2, 0) is 0 Å². The highest BCUT2D eigenvalue weighted by Crippen LogP contribution is 2.23. The Bertz CT molecular complexity index is 889. The minimum Gasteiger partial charge on any atom is -0.411 e. The molecule has 3 rings (SSSR count). The molecule has 1 unspecified atom stereocenters. The lowest BCUT2D eigenvalue weighted by molar-refractivity contribution is 0.310. The smallest absolute Gasteiger partial charge is 0.160 e. The molecular formula is C18H16N4O3. The van der Waals surface area contributed by atoms with Gasteiger partial charge in [-0.25, -0.2) is 0 Å². The minimum absolute atomic E-state index is 0.0375. The van der Waals surface area contributed by atoms with Gasteiger partial charge in [0.2, 0.25) is 0 Å². The molecule has 0 aliphatic heterocycles. The third-order valence-electron chi connectivity index (χ3n) is 3.70. The van der Waals surface area contributed by atoms with Crippen molar-refractivity contribution in [2.75, 3.05) is 0 Å². The van der Waals surface area contributed by atoms with Crippen LogP contribution in [0.4, 0.5) is 0 Å². The number of hydrogen-bond acceptors (Lipinski definition) is 7. The summed E-state index contributed by atoms with van der Waals surface area (Å²) < 4.78 is 5.29. The van der Waals surface area contributed by atoms with Crippen molar-refractivity contribution in [2.45, 2.75) is 6.04 Å². The summed E-state index contributed by atoms with van der Waals surface area (Å²) in [6, 6.07) is 18.9. The molecule has 7 heteroatoms. The van der Waals surface area contributed by atoms with Crippen molar-refractivity contribution in [3.63, 3.8) is 0 Å². The van der Waals surface area contributed by atoms with Gasteiger partial charge in [0.25, 0.3) is 0 Å². The fourth-order valence-electron chi connectivity index (χ4n) is 2.43. The maximum Gasteiger partial charge on any atom is 0.160 e. The predicted octanol–water partition coefficient (Wildman–Crippen LogP) is 3.05. The van der Waals surface area contributed by atoms with E-state index in [9.17, 15) is 10.4 Å². The van der Waals surface area contributed by atoms with E-state index in [-0.39, 0.29) is 17.2 Å². The van der Waals surface area contributed by atoms with Crippen LogP contribution >= 0.6 is 0 Å². The molecule has 126 valence electrons. The molecule has 1 aromatic heterocycles. The topological polar surface area (TPSA) is 117 Å². The number of rotatable bonds is 5. The van der Waals surface area contributed by atoms with Crippen molar-refractivity contribution in [2.24, 2.45) is 16.0 Å². The van der Waals surface area contributed by atoms with Gasteiger partial charge in [-0.2, -0.15) is 0 Å². The molecule has 0 fully saturated rings. The lowest BCUT2D eigenvalue weighted by atomic mass is 9.99. The Morgan fingerprint density at radius 2 is 1.60 bits per heavy atom. The van der Waals surface area contributed by atoms with Gasteiger partial charge >= 0.3 is 0 Å². The summed E-state index contributed by atoms with van der Waals surface area (Å²) in [6.07, 6.45) is 0. The van der Waals surface area contributed by atoms with Gasteiger partial charge in [0.05, 0.1) is 0 Å².